The van der Waals surface area contributed by atoms with E-state index in [-0.39, 0.29) is 12.3 Å². The molecule has 5 rings (SSSR count). The Balaban J connectivity index is 1.46. The van der Waals surface area contributed by atoms with Gasteiger partial charge in [-0.05, 0) is 28.8 Å². The Morgan fingerprint density at radius 3 is 2.03 bits per heavy atom. The molecule has 1 heterocycles. The molecule has 0 bridgehead atoms. The number of carbonyl (C=O) groups excluding carboxylic acids is 1. The summed E-state index contributed by atoms with van der Waals surface area (Å²) in [6, 6.07) is 36.4. The second-order valence-electron chi connectivity index (χ2n) is 7.63. The van der Waals surface area contributed by atoms with E-state index in [0.717, 1.165) is 22.4 Å². The topological polar surface area (TPSA) is 34.9 Å². The minimum Gasteiger partial charge on any atom is -0.320 e. The molecule has 0 aliphatic rings. The second-order valence-corrected chi connectivity index (χ2v) is 7.63. The maximum atomic E-state index is 12.9. The summed E-state index contributed by atoms with van der Waals surface area (Å²) in [6.45, 7) is 0.280. The standard InChI is InChI=1S/C28H22N2O/c31-27(24-11-5-2-6-12-24)20-30-26-14-8-7-13-25(26)29-28(30)19-21-15-17-23(18-16-21)22-9-3-1-4-10-22/h1-18H,19-20H2. The number of aromatic nitrogens is 2. The summed E-state index contributed by atoms with van der Waals surface area (Å²) < 4.78 is 2.05. The van der Waals surface area contributed by atoms with Crippen molar-refractivity contribution < 1.29 is 4.79 Å². The molecule has 150 valence electrons. The van der Waals surface area contributed by atoms with Crippen molar-refractivity contribution in [1.82, 2.24) is 9.55 Å². The van der Waals surface area contributed by atoms with E-state index < -0.39 is 0 Å². The van der Waals surface area contributed by atoms with Crippen LogP contribution in [0.3, 0.4) is 0 Å². The van der Waals surface area contributed by atoms with Crippen LogP contribution in [0.25, 0.3) is 22.2 Å². The molecular weight excluding hydrogens is 380 g/mol. The Hall–Kier alpha value is -3.98. The van der Waals surface area contributed by atoms with Gasteiger partial charge < -0.3 is 4.57 Å². The number of hydrogen-bond donors (Lipinski definition) is 0. The highest BCUT2D eigenvalue weighted by atomic mass is 16.1. The first-order valence-electron chi connectivity index (χ1n) is 10.4. The number of rotatable bonds is 6. The summed E-state index contributed by atoms with van der Waals surface area (Å²) in [5, 5.41) is 0. The van der Waals surface area contributed by atoms with Crippen LogP contribution >= 0.6 is 0 Å². The summed E-state index contributed by atoms with van der Waals surface area (Å²) in [5.74, 6) is 0.988. The average Bonchev–Trinajstić information content (AvgIpc) is 3.17. The predicted octanol–water partition coefficient (Wildman–Crippen LogP) is 6.18. The lowest BCUT2D eigenvalue weighted by Gasteiger charge is -2.10. The number of fused-ring (bicyclic) bond motifs is 1. The lowest BCUT2D eigenvalue weighted by atomic mass is 10.0. The molecule has 0 unspecified atom stereocenters. The fraction of sp³-hybridized carbons (Fsp3) is 0.0714. The number of Topliss-reactive ketones (excluding diaryl/α,β-unsaturated/α-hetero) is 1. The molecule has 0 radical (unpaired) electrons. The summed E-state index contributed by atoms with van der Waals surface area (Å²) >= 11 is 0. The largest absolute Gasteiger partial charge is 0.320 e. The lowest BCUT2D eigenvalue weighted by molar-refractivity contribution is 0.0972. The van der Waals surface area contributed by atoms with Gasteiger partial charge in [-0.2, -0.15) is 0 Å². The van der Waals surface area contributed by atoms with E-state index in [1.807, 2.05) is 60.7 Å². The molecule has 0 amide bonds. The predicted molar refractivity (Wildman–Crippen MR) is 125 cm³/mol. The molecule has 0 N–H and O–H groups in total. The number of carbonyl (C=O) groups is 1. The monoisotopic (exact) mass is 402 g/mol. The van der Waals surface area contributed by atoms with Crippen LogP contribution in [0.4, 0.5) is 0 Å². The molecular formula is C28H22N2O. The number of ketones is 1. The van der Waals surface area contributed by atoms with Gasteiger partial charge in [0.25, 0.3) is 0 Å². The molecule has 3 heteroatoms. The van der Waals surface area contributed by atoms with Gasteiger partial charge in [0.05, 0.1) is 17.6 Å². The molecule has 0 saturated heterocycles. The Kier molecular flexibility index (Phi) is 5.16. The van der Waals surface area contributed by atoms with Crippen molar-refractivity contribution in [3.05, 3.63) is 126 Å². The van der Waals surface area contributed by atoms with Gasteiger partial charge in [-0.15, -0.1) is 0 Å². The molecule has 0 spiro atoms. The molecule has 4 aromatic carbocycles. The smallest absolute Gasteiger partial charge is 0.182 e. The van der Waals surface area contributed by atoms with Crippen LogP contribution in [0.15, 0.2) is 109 Å². The Labute approximate surface area is 181 Å². The first kappa shape index (κ1) is 19.0. The minimum atomic E-state index is 0.0874. The quantitative estimate of drug-likeness (QED) is 0.318. The van der Waals surface area contributed by atoms with Gasteiger partial charge in [0.2, 0.25) is 0 Å². The van der Waals surface area contributed by atoms with Crippen LogP contribution in [0.2, 0.25) is 0 Å². The molecule has 0 fully saturated rings. The van der Waals surface area contributed by atoms with E-state index in [1.165, 1.54) is 16.7 Å². The summed E-state index contributed by atoms with van der Waals surface area (Å²) in [4.78, 5) is 17.8. The van der Waals surface area contributed by atoms with Crippen molar-refractivity contribution in [3.63, 3.8) is 0 Å². The highest BCUT2D eigenvalue weighted by molar-refractivity contribution is 5.96. The Morgan fingerprint density at radius 2 is 1.29 bits per heavy atom. The zero-order chi connectivity index (χ0) is 21.0. The number of benzene rings is 4. The van der Waals surface area contributed by atoms with E-state index in [9.17, 15) is 4.79 Å². The van der Waals surface area contributed by atoms with Gasteiger partial charge in [0.15, 0.2) is 5.78 Å². The number of nitrogens with zero attached hydrogens (tertiary/aromatic N) is 2. The fourth-order valence-corrected chi connectivity index (χ4v) is 3.92. The average molecular weight is 402 g/mol. The van der Waals surface area contributed by atoms with Crippen molar-refractivity contribution >= 4 is 16.8 Å². The number of imidazole rings is 1. The van der Waals surface area contributed by atoms with E-state index >= 15 is 0 Å². The zero-order valence-electron chi connectivity index (χ0n) is 17.1. The third kappa shape index (κ3) is 4.03. The van der Waals surface area contributed by atoms with Crippen LogP contribution in [-0.2, 0) is 13.0 Å². The fourth-order valence-electron chi connectivity index (χ4n) is 3.92. The third-order valence-corrected chi connectivity index (χ3v) is 5.55. The maximum absolute atomic E-state index is 12.9. The van der Waals surface area contributed by atoms with E-state index in [2.05, 4.69) is 53.1 Å². The first-order valence-corrected chi connectivity index (χ1v) is 10.4. The van der Waals surface area contributed by atoms with Gasteiger partial charge in [0, 0.05) is 12.0 Å². The van der Waals surface area contributed by atoms with E-state index in [0.29, 0.717) is 6.42 Å². The van der Waals surface area contributed by atoms with Crippen LogP contribution in [0, 0.1) is 0 Å². The molecule has 1 aromatic heterocycles. The van der Waals surface area contributed by atoms with E-state index in [4.69, 9.17) is 4.98 Å². The maximum Gasteiger partial charge on any atom is 0.182 e. The molecule has 0 atom stereocenters. The van der Waals surface area contributed by atoms with Crippen LogP contribution in [0.5, 0.6) is 0 Å². The highest BCUT2D eigenvalue weighted by Gasteiger charge is 2.15. The van der Waals surface area contributed by atoms with Crippen molar-refractivity contribution in [2.75, 3.05) is 0 Å². The SMILES string of the molecule is O=C(Cn1c(Cc2ccc(-c3ccccc3)cc2)nc2ccccc21)c1ccccc1. The molecule has 0 saturated carbocycles. The van der Waals surface area contributed by atoms with Crippen molar-refractivity contribution in [2.45, 2.75) is 13.0 Å². The summed E-state index contributed by atoms with van der Waals surface area (Å²) in [7, 11) is 0. The Morgan fingerprint density at radius 1 is 0.677 bits per heavy atom. The molecule has 5 aromatic rings. The number of para-hydroxylation sites is 2. The summed E-state index contributed by atoms with van der Waals surface area (Å²) in [5.41, 5.74) is 6.19. The van der Waals surface area contributed by atoms with E-state index in [1.54, 1.807) is 0 Å². The molecule has 0 aliphatic heterocycles. The van der Waals surface area contributed by atoms with Gasteiger partial charge in [0.1, 0.15) is 5.82 Å². The first-order chi connectivity index (χ1) is 15.3. The van der Waals surface area contributed by atoms with Crippen LogP contribution in [-0.4, -0.2) is 15.3 Å². The van der Waals surface area contributed by atoms with Crippen molar-refractivity contribution in [1.29, 1.82) is 0 Å². The second kappa shape index (κ2) is 8.41. The molecule has 0 aliphatic carbocycles. The molecule has 3 nitrogen and oxygen atoms in total. The van der Waals surface area contributed by atoms with Crippen LogP contribution < -0.4 is 0 Å². The van der Waals surface area contributed by atoms with Gasteiger partial charge in [-0.3, -0.25) is 4.79 Å². The Bertz CT molecular complexity index is 1320. The van der Waals surface area contributed by atoms with Crippen molar-refractivity contribution in [3.8, 4) is 11.1 Å². The van der Waals surface area contributed by atoms with Gasteiger partial charge in [-0.1, -0.05) is 97.1 Å². The third-order valence-electron chi connectivity index (χ3n) is 5.55. The minimum absolute atomic E-state index is 0.0874. The van der Waals surface area contributed by atoms with Gasteiger partial charge >= 0.3 is 0 Å². The number of hydrogen-bond acceptors (Lipinski definition) is 2. The normalized spacial score (nSPS) is 11.0. The summed E-state index contributed by atoms with van der Waals surface area (Å²) in [6.07, 6.45) is 0.672. The highest BCUT2D eigenvalue weighted by Crippen LogP contribution is 2.22. The van der Waals surface area contributed by atoms with Crippen LogP contribution in [0.1, 0.15) is 21.7 Å². The van der Waals surface area contributed by atoms with Gasteiger partial charge in [-0.25, -0.2) is 4.98 Å². The zero-order valence-corrected chi connectivity index (χ0v) is 17.1. The lowest BCUT2D eigenvalue weighted by Crippen LogP contribution is -2.13. The van der Waals surface area contributed by atoms with Crippen molar-refractivity contribution in [2.24, 2.45) is 0 Å². The molecule has 31 heavy (non-hydrogen) atoms.